The van der Waals surface area contributed by atoms with Crippen LogP contribution < -0.4 is 0 Å². The molecule has 0 saturated heterocycles. The van der Waals surface area contributed by atoms with Gasteiger partial charge in [0.2, 0.25) is 0 Å². The zero-order valence-corrected chi connectivity index (χ0v) is 5.59. The van der Waals surface area contributed by atoms with Crippen LogP contribution in [0.4, 0.5) is 0 Å². The van der Waals surface area contributed by atoms with E-state index in [-0.39, 0.29) is 0 Å². The first-order chi connectivity index (χ1) is 2.00. The molecule has 4 heavy (non-hydrogen) atoms. The Morgan fingerprint density at radius 3 is 1.50 bits per heavy atom. The molecule has 0 aliphatic heterocycles. The van der Waals surface area contributed by atoms with Crippen molar-refractivity contribution in [3.63, 3.8) is 0 Å². The summed E-state index contributed by atoms with van der Waals surface area (Å²) < 4.78 is 8.28. The van der Waals surface area contributed by atoms with Gasteiger partial charge in [0, 0.05) is 0 Å². The molecule has 0 radical (unpaired) electrons. The van der Waals surface area contributed by atoms with Gasteiger partial charge in [-0.2, -0.15) is 0 Å². The molecule has 0 bridgehead atoms. The molecule has 0 aliphatic rings. The van der Waals surface area contributed by atoms with Crippen LogP contribution >= 0.6 is 0 Å². The third-order valence-electron chi connectivity index (χ3n) is 0. The van der Waals surface area contributed by atoms with Crippen LogP contribution in [-0.4, -0.2) is 16.2 Å². The molecular formula is CH4AlOTi. The van der Waals surface area contributed by atoms with Gasteiger partial charge in [-0.3, -0.25) is 0 Å². The first kappa shape index (κ1) is 8.90. The van der Waals surface area contributed by atoms with Crippen LogP contribution in [0, 0.1) is 0 Å². The topological polar surface area (TPSA) is 17.1 Å². The van der Waals surface area contributed by atoms with Gasteiger partial charge in [-0.05, 0) is 0 Å². The fourth-order valence-electron chi connectivity index (χ4n) is 0. The van der Waals surface area contributed by atoms with E-state index in [1.807, 2.05) is 25.7 Å². The Labute approximate surface area is 45.8 Å². The van der Waals surface area contributed by atoms with E-state index in [0.29, 0.717) is 16.2 Å². The van der Waals surface area contributed by atoms with Crippen LogP contribution in [0.25, 0.3) is 0 Å². The molecule has 0 atom stereocenters. The summed E-state index contributed by atoms with van der Waals surface area (Å²) in [7, 11) is 0. The molecule has 0 unspecified atom stereocenters. The van der Waals surface area contributed by atoms with Gasteiger partial charge < -0.3 is 0 Å². The van der Waals surface area contributed by atoms with E-state index >= 15 is 0 Å². The summed E-state index contributed by atoms with van der Waals surface area (Å²) in [4.78, 5) is 0. The van der Waals surface area contributed by atoms with Crippen molar-refractivity contribution in [2.24, 2.45) is 0 Å². The zero-order chi connectivity index (χ0) is 4.00. The molecule has 0 N–H and O–H groups in total. The van der Waals surface area contributed by atoms with Crippen molar-refractivity contribution >= 4 is 16.2 Å². The number of hydrogen-bond donors (Lipinski definition) is 0. The second-order valence-corrected chi connectivity index (χ2v) is 0. The minimum absolute atomic E-state index is 0.611. The second kappa shape index (κ2) is 34.3. The average Bonchev–Trinajstić information content (AvgIpc) is 1.50. The standard InChI is InChI=1S/CH3.Al.O.Ti.H/h1H3;;;;. The van der Waals surface area contributed by atoms with Gasteiger partial charge in [-0.15, -0.1) is 0 Å². The Bertz CT molecular complexity index is 8.00. The van der Waals surface area contributed by atoms with Gasteiger partial charge in [0.15, 0.2) is 0 Å². The summed E-state index contributed by atoms with van der Waals surface area (Å²) >= 11 is 2.61. The molecule has 0 fully saturated rings. The molecule has 1 nitrogen and oxygen atoms in total. The van der Waals surface area contributed by atoms with Gasteiger partial charge in [0.05, 0.1) is 0 Å². The second-order valence-electron chi connectivity index (χ2n) is 0. The van der Waals surface area contributed by atoms with Gasteiger partial charge in [0.1, 0.15) is 0 Å². The quantitative estimate of drug-likeness (QED) is 0.392. The molecule has 0 spiro atoms. The van der Waals surface area contributed by atoms with Crippen molar-refractivity contribution in [3.8, 4) is 0 Å². The van der Waals surface area contributed by atoms with E-state index in [4.69, 9.17) is 3.80 Å². The molecule has 0 heterocycles. The van der Waals surface area contributed by atoms with Gasteiger partial charge in [-0.25, -0.2) is 0 Å². The number of rotatable bonds is 0. The van der Waals surface area contributed by atoms with Crippen molar-refractivity contribution < 1.29 is 24.2 Å². The van der Waals surface area contributed by atoms with Crippen molar-refractivity contribution in [2.75, 3.05) is 0 Å². The molecule has 21 valence electrons. The fraction of sp³-hybridized carbons (Fsp3) is 1.00. The number of hydrogen-bond acceptors (Lipinski definition) is 1. The molecule has 0 aromatic heterocycles. The summed E-state index contributed by atoms with van der Waals surface area (Å²) in [6.45, 7) is 0. The predicted octanol–water partition coefficient (Wildman–Crippen LogP) is -0.186. The van der Waals surface area contributed by atoms with Crippen molar-refractivity contribution in [3.05, 3.63) is 0 Å². The Kier molecular flexibility index (Phi) is 76.3. The van der Waals surface area contributed by atoms with Crippen LogP contribution in [0.2, 0.25) is 5.23 Å². The van der Waals surface area contributed by atoms with Gasteiger partial charge >= 0.3 is 45.7 Å². The maximum absolute atomic E-state index is 8.28. The monoisotopic (exact) mass is 107 g/mol. The van der Waals surface area contributed by atoms with Crippen molar-refractivity contribution in [1.82, 2.24) is 0 Å². The van der Waals surface area contributed by atoms with Gasteiger partial charge in [-0.1, -0.05) is 0 Å². The van der Waals surface area contributed by atoms with Gasteiger partial charge in [0.25, 0.3) is 0 Å². The SMILES string of the molecule is [CH3][Ti].[O]=[AlH]. The van der Waals surface area contributed by atoms with Crippen LogP contribution in [0.15, 0.2) is 0 Å². The Morgan fingerprint density at radius 1 is 1.50 bits per heavy atom. The molecular weight excluding hydrogens is 103 g/mol. The third-order valence-corrected chi connectivity index (χ3v) is 0. The van der Waals surface area contributed by atoms with E-state index < -0.39 is 0 Å². The molecule has 3 heteroatoms. The first-order valence-electron chi connectivity index (χ1n) is 0.789. The predicted molar refractivity (Wildman–Crippen MR) is 13.7 cm³/mol. The Hall–Kier alpha value is 1.05. The summed E-state index contributed by atoms with van der Waals surface area (Å²) in [6.07, 6.45) is 0. The van der Waals surface area contributed by atoms with E-state index in [9.17, 15) is 0 Å². The van der Waals surface area contributed by atoms with Crippen molar-refractivity contribution in [2.45, 2.75) is 5.23 Å². The van der Waals surface area contributed by atoms with Crippen LogP contribution in [0.3, 0.4) is 0 Å². The normalized spacial score (nSPS) is 1.75. The molecule has 0 amide bonds. The van der Waals surface area contributed by atoms with Crippen LogP contribution in [0.5, 0.6) is 0 Å². The van der Waals surface area contributed by atoms with E-state index in [1.54, 1.807) is 0 Å². The fourth-order valence-corrected chi connectivity index (χ4v) is 0. The first-order valence-corrected chi connectivity index (χ1v) is 2.93. The van der Waals surface area contributed by atoms with Crippen molar-refractivity contribution in [1.29, 1.82) is 0 Å². The summed E-state index contributed by atoms with van der Waals surface area (Å²) in [5.41, 5.74) is 0. The molecule has 0 aromatic carbocycles. The maximum atomic E-state index is 8.28. The third kappa shape index (κ3) is 11.6. The summed E-state index contributed by atoms with van der Waals surface area (Å²) in [5.74, 6) is 0. The van der Waals surface area contributed by atoms with E-state index in [2.05, 4.69) is 0 Å². The zero-order valence-electron chi connectivity index (χ0n) is 2.62. The van der Waals surface area contributed by atoms with E-state index in [1.165, 1.54) is 0 Å². The summed E-state index contributed by atoms with van der Waals surface area (Å²) in [6, 6.07) is 0. The molecule has 0 aliphatic carbocycles. The minimum atomic E-state index is 0.611. The molecule has 0 saturated carbocycles. The summed E-state index contributed by atoms with van der Waals surface area (Å²) in [5, 5.41) is 2.00. The molecule has 0 aromatic rings. The van der Waals surface area contributed by atoms with Crippen LogP contribution in [-0.2, 0) is 24.2 Å². The molecule has 0 rings (SSSR count). The Balaban J connectivity index is 0. The average molecular weight is 107 g/mol. The van der Waals surface area contributed by atoms with E-state index in [0.717, 1.165) is 0 Å². The Morgan fingerprint density at radius 2 is 1.50 bits per heavy atom. The van der Waals surface area contributed by atoms with Crippen LogP contribution in [0.1, 0.15) is 0 Å².